The van der Waals surface area contributed by atoms with Gasteiger partial charge in [0.2, 0.25) is 10.0 Å². The minimum atomic E-state index is -3.60. The van der Waals surface area contributed by atoms with E-state index in [4.69, 9.17) is 23.2 Å². The molecule has 0 fully saturated rings. The smallest absolute Gasteiger partial charge is 0.207 e. The molecular formula is C14H21Cl2NO2S. The monoisotopic (exact) mass is 337 g/mol. The van der Waals surface area contributed by atoms with Crippen LogP contribution in [-0.4, -0.2) is 25.8 Å². The van der Waals surface area contributed by atoms with Gasteiger partial charge >= 0.3 is 0 Å². The number of sulfonamides is 1. The second kappa shape index (κ2) is 7.12. The van der Waals surface area contributed by atoms with Gasteiger partial charge in [-0.1, -0.05) is 31.5 Å². The Balaban J connectivity index is 3.16. The Hall–Kier alpha value is -0.290. The molecule has 6 heteroatoms. The van der Waals surface area contributed by atoms with Crippen LogP contribution in [0.25, 0.3) is 0 Å². The molecule has 1 rings (SSSR count). The molecule has 0 saturated heterocycles. The Morgan fingerprint density at radius 1 is 1.25 bits per heavy atom. The molecule has 0 aromatic heterocycles. The fraction of sp³-hybridized carbons (Fsp3) is 0.571. The SMILES string of the molecule is CC(C)CC(C)N(C)S(=O)(=O)c1cc(CCl)ccc1Cl. The van der Waals surface area contributed by atoms with Gasteiger partial charge in [0.05, 0.1) is 5.02 Å². The van der Waals surface area contributed by atoms with Gasteiger partial charge in [-0.05, 0) is 37.0 Å². The highest BCUT2D eigenvalue weighted by Crippen LogP contribution is 2.27. The molecule has 1 unspecified atom stereocenters. The Labute approximate surface area is 131 Å². The summed E-state index contributed by atoms with van der Waals surface area (Å²) >= 11 is 11.8. The molecule has 0 radical (unpaired) electrons. The summed E-state index contributed by atoms with van der Waals surface area (Å²) in [4.78, 5) is 0.121. The minimum absolute atomic E-state index is 0.0873. The van der Waals surface area contributed by atoms with Crippen LogP contribution >= 0.6 is 23.2 Å². The zero-order valence-electron chi connectivity index (χ0n) is 12.2. The fourth-order valence-electron chi connectivity index (χ4n) is 2.05. The molecule has 0 saturated carbocycles. The maximum Gasteiger partial charge on any atom is 0.244 e. The van der Waals surface area contributed by atoms with E-state index in [1.807, 2.05) is 6.92 Å². The predicted molar refractivity (Wildman–Crippen MR) is 84.9 cm³/mol. The zero-order valence-corrected chi connectivity index (χ0v) is 14.6. The first kappa shape index (κ1) is 17.8. The summed E-state index contributed by atoms with van der Waals surface area (Å²) in [6.45, 7) is 6.03. The van der Waals surface area contributed by atoms with Crippen LogP contribution in [-0.2, 0) is 15.9 Å². The molecule has 1 atom stereocenters. The van der Waals surface area contributed by atoms with Crippen LogP contribution in [0.3, 0.4) is 0 Å². The number of rotatable bonds is 6. The zero-order chi connectivity index (χ0) is 15.5. The molecule has 0 spiro atoms. The topological polar surface area (TPSA) is 37.4 Å². The van der Waals surface area contributed by atoms with Crippen LogP contribution in [0.1, 0.15) is 32.8 Å². The Bertz CT molecular complexity index is 558. The molecule has 1 aromatic rings. The van der Waals surface area contributed by atoms with E-state index in [9.17, 15) is 8.42 Å². The standard InChI is InChI=1S/C14H21Cl2NO2S/c1-10(2)7-11(3)17(4)20(18,19)14-8-12(9-15)5-6-13(14)16/h5-6,8,10-11H,7,9H2,1-4H3. The summed E-state index contributed by atoms with van der Waals surface area (Å²) in [5, 5.41) is 0.225. The molecule has 3 nitrogen and oxygen atoms in total. The van der Waals surface area contributed by atoms with Crippen molar-refractivity contribution >= 4 is 33.2 Å². The Morgan fingerprint density at radius 2 is 1.85 bits per heavy atom. The number of hydrogen-bond acceptors (Lipinski definition) is 2. The highest BCUT2D eigenvalue weighted by atomic mass is 35.5. The maximum atomic E-state index is 12.6. The van der Waals surface area contributed by atoms with Crippen LogP contribution in [0.5, 0.6) is 0 Å². The molecular weight excluding hydrogens is 317 g/mol. The molecule has 0 N–H and O–H groups in total. The predicted octanol–water partition coefficient (Wildman–Crippen LogP) is 4.13. The van der Waals surface area contributed by atoms with E-state index in [1.54, 1.807) is 25.2 Å². The molecule has 0 bridgehead atoms. The van der Waals surface area contributed by atoms with E-state index in [2.05, 4.69) is 13.8 Å². The van der Waals surface area contributed by atoms with Crippen LogP contribution in [0.4, 0.5) is 0 Å². The number of nitrogens with zero attached hydrogens (tertiary/aromatic N) is 1. The van der Waals surface area contributed by atoms with E-state index < -0.39 is 10.0 Å². The summed E-state index contributed by atoms with van der Waals surface area (Å²) in [7, 11) is -2.01. The molecule has 0 aliphatic heterocycles. The summed E-state index contributed by atoms with van der Waals surface area (Å²) in [6, 6.07) is 4.76. The first-order chi connectivity index (χ1) is 9.20. The summed E-state index contributed by atoms with van der Waals surface area (Å²) in [6.07, 6.45) is 0.794. The van der Waals surface area contributed by atoms with Crippen molar-refractivity contribution in [2.24, 2.45) is 5.92 Å². The Kier molecular flexibility index (Phi) is 6.32. The largest absolute Gasteiger partial charge is 0.244 e. The summed E-state index contributed by atoms with van der Waals surface area (Å²) in [5.74, 6) is 0.678. The lowest BCUT2D eigenvalue weighted by atomic mass is 10.1. The van der Waals surface area contributed by atoms with E-state index in [0.717, 1.165) is 12.0 Å². The van der Waals surface area contributed by atoms with E-state index in [-0.39, 0.29) is 21.8 Å². The third-order valence-corrected chi connectivity index (χ3v) is 6.00. The summed E-state index contributed by atoms with van der Waals surface area (Å²) in [5.41, 5.74) is 0.736. The van der Waals surface area contributed by atoms with Gasteiger partial charge in [-0.3, -0.25) is 0 Å². The molecule has 0 aliphatic rings. The maximum absolute atomic E-state index is 12.6. The van der Waals surface area contributed by atoms with Crippen molar-refractivity contribution in [2.75, 3.05) is 7.05 Å². The highest BCUT2D eigenvalue weighted by Gasteiger charge is 2.28. The van der Waals surface area contributed by atoms with Gasteiger partial charge in [-0.2, -0.15) is 4.31 Å². The molecule has 0 aliphatic carbocycles. The van der Waals surface area contributed by atoms with Gasteiger partial charge in [0.15, 0.2) is 0 Å². The van der Waals surface area contributed by atoms with Gasteiger partial charge in [-0.25, -0.2) is 8.42 Å². The third-order valence-electron chi connectivity index (χ3n) is 3.24. The van der Waals surface area contributed by atoms with Gasteiger partial charge in [-0.15, -0.1) is 11.6 Å². The second-order valence-corrected chi connectivity index (χ2v) is 8.04. The van der Waals surface area contributed by atoms with Gasteiger partial charge in [0, 0.05) is 19.0 Å². The molecule has 0 heterocycles. The van der Waals surface area contributed by atoms with Crippen molar-refractivity contribution < 1.29 is 8.42 Å². The van der Waals surface area contributed by atoms with Crippen LogP contribution in [0.2, 0.25) is 5.02 Å². The number of benzene rings is 1. The van der Waals surface area contributed by atoms with Crippen molar-refractivity contribution in [3.8, 4) is 0 Å². The molecule has 20 heavy (non-hydrogen) atoms. The summed E-state index contributed by atoms with van der Waals surface area (Å²) < 4.78 is 26.7. The number of hydrogen-bond donors (Lipinski definition) is 0. The lowest BCUT2D eigenvalue weighted by Crippen LogP contribution is -2.36. The average molecular weight is 338 g/mol. The molecule has 0 amide bonds. The van der Waals surface area contributed by atoms with E-state index in [0.29, 0.717) is 5.92 Å². The minimum Gasteiger partial charge on any atom is -0.207 e. The van der Waals surface area contributed by atoms with Crippen molar-refractivity contribution in [2.45, 2.75) is 44.0 Å². The van der Waals surface area contributed by atoms with Gasteiger partial charge < -0.3 is 0 Å². The first-order valence-corrected chi connectivity index (χ1v) is 8.87. The average Bonchev–Trinajstić information content (AvgIpc) is 2.37. The normalized spacial score (nSPS) is 14.0. The van der Waals surface area contributed by atoms with Crippen LogP contribution in [0, 0.1) is 5.92 Å². The van der Waals surface area contributed by atoms with Crippen LogP contribution < -0.4 is 0 Å². The van der Waals surface area contributed by atoms with Crippen molar-refractivity contribution in [1.82, 2.24) is 4.31 Å². The number of alkyl halides is 1. The Morgan fingerprint density at radius 3 is 2.35 bits per heavy atom. The van der Waals surface area contributed by atoms with Crippen LogP contribution in [0.15, 0.2) is 23.1 Å². The highest BCUT2D eigenvalue weighted by molar-refractivity contribution is 7.89. The third kappa shape index (κ3) is 4.10. The van der Waals surface area contributed by atoms with E-state index in [1.165, 1.54) is 4.31 Å². The molecule has 1 aromatic carbocycles. The van der Waals surface area contributed by atoms with E-state index >= 15 is 0 Å². The van der Waals surface area contributed by atoms with Gasteiger partial charge in [0.1, 0.15) is 4.90 Å². The lowest BCUT2D eigenvalue weighted by molar-refractivity contribution is 0.338. The van der Waals surface area contributed by atoms with Crippen molar-refractivity contribution in [1.29, 1.82) is 0 Å². The van der Waals surface area contributed by atoms with Gasteiger partial charge in [0.25, 0.3) is 0 Å². The second-order valence-electron chi connectivity index (χ2n) is 5.40. The van der Waals surface area contributed by atoms with Crippen molar-refractivity contribution in [3.63, 3.8) is 0 Å². The quantitative estimate of drug-likeness (QED) is 0.731. The first-order valence-electron chi connectivity index (χ1n) is 6.52. The van der Waals surface area contributed by atoms with Crippen molar-refractivity contribution in [3.05, 3.63) is 28.8 Å². The fourth-order valence-corrected chi connectivity index (χ4v) is 4.11. The number of halogens is 2. The lowest BCUT2D eigenvalue weighted by Gasteiger charge is -2.26. The molecule has 114 valence electrons.